The molecule has 2 aromatic rings. The van der Waals surface area contributed by atoms with Crippen molar-refractivity contribution in [3.05, 3.63) is 70.3 Å². The van der Waals surface area contributed by atoms with Gasteiger partial charge in [-0.25, -0.2) is 4.79 Å². The van der Waals surface area contributed by atoms with Crippen LogP contribution in [0, 0.1) is 12.8 Å². The van der Waals surface area contributed by atoms with Crippen molar-refractivity contribution in [1.82, 2.24) is 4.90 Å². The molecular weight excluding hydrogens is 310 g/mol. The van der Waals surface area contributed by atoms with E-state index in [4.69, 9.17) is 0 Å². The van der Waals surface area contributed by atoms with Crippen LogP contribution in [0.15, 0.2) is 42.5 Å². The molecule has 1 N–H and O–H groups in total. The number of likely N-dealkylation sites (tertiary alicyclic amines) is 1. The third-order valence-electron chi connectivity index (χ3n) is 6.12. The maximum absolute atomic E-state index is 11.2. The van der Waals surface area contributed by atoms with Gasteiger partial charge in [-0.15, -0.1) is 0 Å². The van der Waals surface area contributed by atoms with Crippen molar-refractivity contribution in [3.63, 3.8) is 0 Å². The van der Waals surface area contributed by atoms with Gasteiger partial charge in [-0.3, -0.25) is 0 Å². The van der Waals surface area contributed by atoms with E-state index in [2.05, 4.69) is 36.9 Å². The molecule has 0 spiro atoms. The van der Waals surface area contributed by atoms with Gasteiger partial charge in [0.25, 0.3) is 0 Å². The lowest BCUT2D eigenvalue weighted by Gasteiger charge is -2.37. The molecule has 2 aromatic carbocycles. The number of carbonyl (C=O) groups is 1. The minimum Gasteiger partial charge on any atom is -0.478 e. The number of rotatable bonds is 3. The first-order valence-electron chi connectivity index (χ1n) is 9.24. The van der Waals surface area contributed by atoms with Crippen LogP contribution < -0.4 is 0 Å². The Kier molecular flexibility index (Phi) is 4.12. The molecule has 1 aliphatic carbocycles. The summed E-state index contributed by atoms with van der Waals surface area (Å²) in [4.78, 5) is 13.7. The SMILES string of the molecule is CCN1CC[C@@H]2[C@@H](c3ccc(C(=O)O)cc3)c3cc(C)ccc3[C@@H]2C1. The molecule has 4 rings (SSSR count). The van der Waals surface area contributed by atoms with E-state index in [1.54, 1.807) is 12.1 Å². The summed E-state index contributed by atoms with van der Waals surface area (Å²) in [6.07, 6.45) is 1.21. The number of hydrogen-bond acceptors (Lipinski definition) is 2. The molecule has 3 heteroatoms. The van der Waals surface area contributed by atoms with Crippen LogP contribution in [0.3, 0.4) is 0 Å². The number of fused-ring (bicyclic) bond motifs is 3. The predicted molar refractivity (Wildman–Crippen MR) is 99.4 cm³/mol. The maximum Gasteiger partial charge on any atom is 0.335 e. The van der Waals surface area contributed by atoms with Crippen molar-refractivity contribution in [1.29, 1.82) is 0 Å². The third kappa shape index (κ3) is 2.77. The normalized spacial score (nSPS) is 25.4. The summed E-state index contributed by atoms with van der Waals surface area (Å²) in [7, 11) is 0. The van der Waals surface area contributed by atoms with Gasteiger partial charge < -0.3 is 10.0 Å². The van der Waals surface area contributed by atoms with Crippen molar-refractivity contribution < 1.29 is 9.90 Å². The van der Waals surface area contributed by atoms with Crippen LogP contribution >= 0.6 is 0 Å². The zero-order valence-corrected chi connectivity index (χ0v) is 14.9. The molecule has 0 radical (unpaired) electrons. The first-order valence-corrected chi connectivity index (χ1v) is 9.24. The van der Waals surface area contributed by atoms with E-state index in [0.717, 1.165) is 19.6 Å². The fourth-order valence-electron chi connectivity index (χ4n) is 4.84. The maximum atomic E-state index is 11.2. The van der Waals surface area contributed by atoms with Crippen LogP contribution in [0.2, 0.25) is 0 Å². The molecule has 130 valence electrons. The molecule has 3 nitrogen and oxygen atoms in total. The number of likely N-dealkylation sites (N-methyl/N-ethyl adjacent to an activating group) is 1. The number of benzene rings is 2. The summed E-state index contributed by atoms with van der Waals surface area (Å²) in [6, 6.07) is 14.5. The van der Waals surface area contributed by atoms with Gasteiger partial charge >= 0.3 is 5.97 Å². The smallest absolute Gasteiger partial charge is 0.335 e. The topological polar surface area (TPSA) is 40.5 Å². The molecule has 3 atom stereocenters. The van der Waals surface area contributed by atoms with Crippen molar-refractivity contribution in [2.75, 3.05) is 19.6 Å². The number of piperidine rings is 1. The number of carboxylic acid groups (broad SMARTS) is 1. The van der Waals surface area contributed by atoms with E-state index in [9.17, 15) is 9.90 Å². The minimum atomic E-state index is -0.858. The first-order chi connectivity index (χ1) is 12.1. The Hall–Kier alpha value is -2.13. The summed E-state index contributed by atoms with van der Waals surface area (Å²) in [5.74, 6) is 0.744. The quantitative estimate of drug-likeness (QED) is 0.911. The second-order valence-corrected chi connectivity index (χ2v) is 7.49. The van der Waals surface area contributed by atoms with E-state index < -0.39 is 5.97 Å². The number of aryl methyl sites for hydroxylation is 1. The molecule has 1 saturated heterocycles. The highest BCUT2D eigenvalue weighted by molar-refractivity contribution is 5.87. The standard InChI is InChI=1S/C22H25NO2/c1-3-23-11-10-18-20(13-23)17-9-4-14(2)12-19(17)21(18)15-5-7-16(8-6-15)22(24)25/h4-9,12,18,20-21H,3,10-11,13H2,1-2H3,(H,24,25)/t18-,20-,21+/m0/s1. The molecular formula is C22H25NO2. The van der Waals surface area contributed by atoms with Gasteiger partial charge in [0, 0.05) is 18.4 Å². The second-order valence-electron chi connectivity index (χ2n) is 7.49. The second kappa shape index (κ2) is 6.30. The summed E-state index contributed by atoms with van der Waals surface area (Å²) in [6.45, 7) is 7.82. The van der Waals surface area contributed by atoms with Gasteiger partial charge in [-0.05, 0) is 61.2 Å². The minimum absolute atomic E-state index is 0.364. The van der Waals surface area contributed by atoms with Gasteiger partial charge in [-0.1, -0.05) is 42.8 Å². The van der Waals surface area contributed by atoms with E-state index in [1.165, 1.54) is 28.7 Å². The average Bonchev–Trinajstić information content (AvgIpc) is 2.94. The Morgan fingerprint density at radius 3 is 2.60 bits per heavy atom. The van der Waals surface area contributed by atoms with Gasteiger partial charge in [0.2, 0.25) is 0 Å². The molecule has 0 bridgehead atoms. The Balaban J connectivity index is 1.76. The van der Waals surface area contributed by atoms with E-state index in [1.807, 2.05) is 12.1 Å². The predicted octanol–water partition coefficient (Wildman–Crippen LogP) is 4.26. The lowest BCUT2D eigenvalue weighted by Crippen LogP contribution is -2.38. The van der Waals surface area contributed by atoms with Gasteiger partial charge in [0.1, 0.15) is 0 Å². The average molecular weight is 335 g/mol. The summed E-state index contributed by atoms with van der Waals surface area (Å²) in [5.41, 5.74) is 5.88. The van der Waals surface area contributed by atoms with Crippen molar-refractivity contribution in [2.24, 2.45) is 5.92 Å². The molecule has 0 unspecified atom stereocenters. The fourth-order valence-corrected chi connectivity index (χ4v) is 4.84. The first kappa shape index (κ1) is 16.3. The lowest BCUT2D eigenvalue weighted by molar-refractivity contribution is 0.0697. The number of aromatic carboxylic acids is 1. The Bertz CT molecular complexity index is 796. The monoisotopic (exact) mass is 335 g/mol. The molecule has 1 heterocycles. The molecule has 1 fully saturated rings. The van der Waals surface area contributed by atoms with Gasteiger partial charge in [-0.2, -0.15) is 0 Å². The third-order valence-corrected chi connectivity index (χ3v) is 6.12. The molecule has 1 aliphatic heterocycles. The van der Waals surface area contributed by atoms with E-state index >= 15 is 0 Å². The van der Waals surface area contributed by atoms with Gasteiger partial charge in [0.05, 0.1) is 5.56 Å². The molecule has 25 heavy (non-hydrogen) atoms. The Labute approximate surface area is 149 Å². The zero-order chi connectivity index (χ0) is 17.6. The van der Waals surface area contributed by atoms with Gasteiger partial charge in [0.15, 0.2) is 0 Å². The van der Waals surface area contributed by atoms with Crippen molar-refractivity contribution in [2.45, 2.75) is 32.1 Å². The molecule has 0 aromatic heterocycles. The largest absolute Gasteiger partial charge is 0.478 e. The molecule has 0 amide bonds. The van der Waals surface area contributed by atoms with Crippen LogP contribution in [0.4, 0.5) is 0 Å². The van der Waals surface area contributed by atoms with E-state index in [0.29, 0.717) is 23.3 Å². The number of nitrogens with zero attached hydrogens (tertiary/aromatic N) is 1. The highest BCUT2D eigenvalue weighted by Gasteiger charge is 2.43. The molecule has 2 aliphatic rings. The van der Waals surface area contributed by atoms with Crippen LogP contribution in [0.25, 0.3) is 0 Å². The highest BCUT2D eigenvalue weighted by atomic mass is 16.4. The van der Waals surface area contributed by atoms with Crippen LogP contribution in [0.5, 0.6) is 0 Å². The number of carboxylic acids is 1. The zero-order valence-electron chi connectivity index (χ0n) is 14.9. The van der Waals surface area contributed by atoms with E-state index in [-0.39, 0.29) is 0 Å². The summed E-state index contributed by atoms with van der Waals surface area (Å²) in [5, 5.41) is 9.17. The summed E-state index contributed by atoms with van der Waals surface area (Å²) >= 11 is 0. The van der Waals surface area contributed by atoms with Crippen LogP contribution in [-0.4, -0.2) is 35.6 Å². The molecule has 0 saturated carbocycles. The Morgan fingerprint density at radius 1 is 1.16 bits per heavy atom. The fraction of sp³-hybridized carbons (Fsp3) is 0.409. The number of hydrogen-bond donors (Lipinski definition) is 1. The Morgan fingerprint density at radius 2 is 1.92 bits per heavy atom. The lowest BCUT2D eigenvalue weighted by atomic mass is 9.78. The van der Waals surface area contributed by atoms with Crippen LogP contribution in [-0.2, 0) is 0 Å². The highest BCUT2D eigenvalue weighted by Crippen LogP contribution is 2.53. The van der Waals surface area contributed by atoms with Crippen molar-refractivity contribution >= 4 is 5.97 Å². The van der Waals surface area contributed by atoms with Crippen molar-refractivity contribution in [3.8, 4) is 0 Å². The summed E-state index contributed by atoms with van der Waals surface area (Å²) < 4.78 is 0. The van der Waals surface area contributed by atoms with Crippen LogP contribution in [0.1, 0.15) is 57.8 Å².